The average Bonchev–Trinajstić information content (AvgIpc) is 2.57. The number of carbonyl (C=O) groups is 1. The van der Waals surface area contributed by atoms with Crippen LogP contribution < -0.4 is 4.74 Å². The van der Waals surface area contributed by atoms with Gasteiger partial charge in [0.15, 0.2) is 0 Å². The van der Waals surface area contributed by atoms with Crippen molar-refractivity contribution < 1.29 is 19.4 Å². The first-order chi connectivity index (χ1) is 10.0. The summed E-state index contributed by atoms with van der Waals surface area (Å²) in [4.78, 5) is 12.9. The maximum Gasteiger partial charge on any atom is 0.322 e. The summed E-state index contributed by atoms with van der Waals surface area (Å²) in [6.07, 6.45) is -0.912. The maximum atomic E-state index is 12.1. The fraction of sp³-hybridized carbons (Fsp3) is 0.500. The number of hydrogen-bond acceptors (Lipinski definition) is 5. The number of rotatable bonds is 4. The van der Waals surface area contributed by atoms with Gasteiger partial charge in [0, 0.05) is 10.9 Å². The van der Waals surface area contributed by atoms with E-state index in [-0.39, 0.29) is 6.61 Å². The number of halogens is 2. The van der Waals surface area contributed by atoms with Crippen LogP contribution in [-0.4, -0.2) is 41.0 Å². The van der Waals surface area contributed by atoms with E-state index >= 15 is 0 Å². The lowest BCUT2D eigenvalue weighted by molar-refractivity contribution is -0.146. The number of alkyl halides is 1. The largest absolute Gasteiger partial charge is 0.487 e. The molecule has 0 saturated heterocycles. The van der Waals surface area contributed by atoms with E-state index in [9.17, 15) is 9.90 Å². The molecule has 1 aliphatic heterocycles. The smallest absolute Gasteiger partial charge is 0.322 e. The zero-order valence-electron chi connectivity index (χ0n) is 11.4. The van der Waals surface area contributed by atoms with Crippen molar-refractivity contribution in [1.82, 2.24) is 0 Å². The van der Waals surface area contributed by atoms with E-state index in [1.54, 1.807) is 25.1 Å². The van der Waals surface area contributed by atoms with Crippen LogP contribution in [0.4, 0.5) is 0 Å². The molecule has 0 radical (unpaired) electrons. The maximum absolute atomic E-state index is 12.1. The van der Waals surface area contributed by atoms with E-state index in [1.807, 2.05) is 0 Å². The van der Waals surface area contributed by atoms with Crippen molar-refractivity contribution in [2.45, 2.75) is 35.7 Å². The summed E-state index contributed by atoms with van der Waals surface area (Å²) in [6.45, 7) is 1.96. The molecule has 1 N–H and O–H groups in total. The van der Waals surface area contributed by atoms with Gasteiger partial charge in [0.1, 0.15) is 23.2 Å². The molecular weight excluding hydrogens is 335 g/mol. The number of aliphatic hydroxyl groups excluding tert-OH is 1. The van der Waals surface area contributed by atoms with Crippen LogP contribution in [0.25, 0.3) is 0 Å². The Bertz CT molecular complexity index is 512. The minimum atomic E-state index is -0.968. The van der Waals surface area contributed by atoms with Crippen molar-refractivity contribution in [2.24, 2.45) is 0 Å². The first-order valence-corrected chi connectivity index (χ1v) is 8.35. The van der Waals surface area contributed by atoms with Crippen LogP contribution in [0, 0.1) is 0 Å². The Morgan fingerprint density at radius 2 is 2.29 bits per heavy atom. The van der Waals surface area contributed by atoms with E-state index in [4.69, 9.17) is 32.7 Å². The van der Waals surface area contributed by atoms with Gasteiger partial charge in [0.05, 0.1) is 11.5 Å². The number of ether oxygens (including phenoxy) is 2. The number of hydrogen-bond donors (Lipinski definition) is 1. The van der Waals surface area contributed by atoms with Gasteiger partial charge in [-0.05, 0) is 31.5 Å². The molecule has 7 heteroatoms. The summed E-state index contributed by atoms with van der Waals surface area (Å²) < 4.78 is 10.8. The lowest BCUT2D eigenvalue weighted by Gasteiger charge is -2.22. The third-order valence-electron chi connectivity index (χ3n) is 3.02. The van der Waals surface area contributed by atoms with Crippen LogP contribution in [0.1, 0.15) is 13.3 Å². The summed E-state index contributed by atoms with van der Waals surface area (Å²) in [5, 5.41) is 10.1. The van der Waals surface area contributed by atoms with E-state index in [0.29, 0.717) is 28.0 Å². The van der Waals surface area contributed by atoms with Crippen molar-refractivity contribution in [1.29, 1.82) is 0 Å². The standard InChI is InChI=1S/C14H16Cl2O4S/c1-8-12(17)13(14(18)19-6-2-5-15)21-11-7-9(16)3-4-10(11)20-8/h3-4,7-8,12-13,17H,2,5-6H2,1H3/t8?,12-,13+/m0/s1. The van der Waals surface area contributed by atoms with Crippen molar-refractivity contribution >= 4 is 40.9 Å². The Hall–Kier alpha value is -0.620. The van der Waals surface area contributed by atoms with Gasteiger partial charge in [-0.3, -0.25) is 4.79 Å². The SMILES string of the molecule is CC1Oc2ccc(Cl)cc2S[C@@H](C(=O)OCCCCl)[C@H]1O. The summed E-state index contributed by atoms with van der Waals surface area (Å²) in [5.41, 5.74) is 0. The van der Waals surface area contributed by atoms with Crippen molar-refractivity contribution in [3.05, 3.63) is 23.2 Å². The lowest BCUT2D eigenvalue weighted by Crippen LogP contribution is -2.41. The second-order valence-electron chi connectivity index (χ2n) is 4.65. The van der Waals surface area contributed by atoms with Crippen LogP contribution in [0.5, 0.6) is 5.75 Å². The third kappa shape index (κ3) is 4.19. The third-order valence-corrected chi connectivity index (χ3v) is 4.82. The number of benzene rings is 1. The molecule has 1 aliphatic rings. The normalized spacial score (nSPS) is 24.7. The van der Waals surface area contributed by atoms with Crippen LogP contribution in [0.3, 0.4) is 0 Å². The molecule has 4 nitrogen and oxygen atoms in total. The second-order valence-corrected chi connectivity index (χ2v) is 6.65. The molecule has 0 amide bonds. The summed E-state index contributed by atoms with van der Waals surface area (Å²) in [5.74, 6) is 0.555. The summed E-state index contributed by atoms with van der Waals surface area (Å²) in [7, 11) is 0. The second kappa shape index (κ2) is 7.58. The van der Waals surface area contributed by atoms with Crippen molar-refractivity contribution in [3.8, 4) is 5.75 Å². The molecule has 3 atom stereocenters. The van der Waals surface area contributed by atoms with Gasteiger partial charge in [-0.15, -0.1) is 23.4 Å². The zero-order chi connectivity index (χ0) is 15.4. The Kier molecular flexibility index (Phi) is 6.05. The molecule has 0 aliphatic carbocycles. The predicted molar refractivity (Wildman–Crippen MR) is 83.5 cm³/mol. The zero-order valence-corrected chi connectivity index (χ0v) is 13.7. The van der Waals surface area contributed by atoms with Crippen LogP contribution in [0.15, 0.2) is 23.1 Å². The highest BCUT2D eigenvalue weighted by Crippen LogP contribution is 2.40. The quantitative estimate of drug-likeness (QED) is 0.513. The summed E-state index contributed by atoms with van der Waals surface area (Å²) >= 11 is 12.7. The molecule has 116 valence electrons. The number of fused-ring (bicyclic) bond motifs is 1. The molecule has 0 aromatic heterocycles. The van der Waals surface area contributed by atoms with Gasteiger partial charge in [-0.1, -0.05) is 11.6 Å². The molecule has 21 heavy (non-hydrogen) atoms. The minimum absolute atomic E-state index is 0.240. The first-order valence-electron chi connectivity index (χ1n) is 6.56. The molecule has 0 bridgehead atoms. The topological polar surface area (TPSA) is 55.8 Å². The van der Waals surface area contributed by atoms with Gasteiger partial charge in [0.2, 0.25) is 0 Å². The molecule has 0 saturated carbocycles. The monoisotopic (exact) mass is 350 g/mol. The fourth-order valence-corrected chi connectivity index (χ4v) is 3.46. The number of esters is 1. The molecule has 0 spiro atoms. The van der Waals surface area contributed by atoms with E-state index in [0.717, 1.165) is 0 Å². The minimum Gasteiger partial charge on any atom is -0.487 e. The molecule has 1 unspecified atom stereocenters. The van der Waals surface area contributed by atoms with Crippen LogP contribution in [-0.2, 0) is 9.53 Å². The van der Waals surface area contributed by atoms with Gasteiger partial charge >= 0.3 is 5.97 Å². The van der Waals surface area contributed by atoms with Gasteiger partial charge in [-0.25, -0.2) is 0 Å². The van der Waals surface area contributed by atoms with Crippen LogP contribution >= 0.6 is 35.0 Å². The molecule has 0 fully saturated rings. The lowest BCUT2D eigenvalue weighted by atomic mass is 10.1. The highest BCUT2D eigenvalue weighted by molar-refractivity contribution is 8.00. The number of aliphatic hydroxyl groups is 1. The molecule has 2 rings (SSSR count). The van der Waals surface area contributed by atoms with Gasteiger partial charge in [-0.2, -0.15) is 0 Å². The molecule has 1 heterocycles. The Balaban J connectivity index is 2.18. The average molecular weight is 351 g/mol. The van der Waals surface area contributed by atoms with Crippen LogP contribution in [0.2, 0.25) is 5.02 Å². The Labute approximate surface area is 137 Å². The number of thioether (sulfide) groups is 1. The molecular formula is C14H16Cl2O4S. The summed E-state index contributed by atoms with van der Waals surface area (Å²) in [6, 6.07) is 5.15. The van der Waals surface area contributed by atoms with E-state index in [2.05, 4.69) is 0 Å². The predicted octanol–water partition coefficient (Wildman–Crippen LogP) is 3.11. The van der Waals surface area contributed by atoms with Gasteiger partial charge < -0.3 is 14.6 Å². The Morgan fingerprint density at radius 1 is 1.52 bits per heavy atom. The molecule has 1 aromatic rings. The van der Waals surface area contributed by atoms with E-state index < -0.39 is 23.4 Å². The van der Waals surface area contributed by atoms with Crippen molar-refractivity contribution in [3.63, 3.8) is 0 Å². The highest BCUT2D eigenvalue weighted by Gasteiger charge is 2.37. The number of carbonyl (C=O) groups excluding carboxylic acids is 1. The van der Waals surface area contributed by atoms with E-state index in [1.165, 1.54) is 11.8 Å². The molecule has 1 aromatic carbocycles. The fourth-order valence-electron chi connectivity index (χ4n) is 1.89. The van der Waals surface area contributed by atoms with Gasteiger partial charge in [0.25, 0.3) is 0 Å². The highest BCUT2D eigenvalue weighted by atomic mass is 35.5. The van der Waals surface area contributed by atoms with Crippen molar-refractivity contribution in [2.75, 3.05) is 12.5 Å². The Morgan fingerprint density at radius 3 is 3.00 bits per heavy atom. The first kappa shape index (κ1) is 16.7.